The third kappa shape index (κ3) is 3.09. The van der Waals surface area contributed by atoms with Gasteiger partial charge in [-0.3, -0.25) is 14.5 Å². The van der Waals surface area contributed by atoms with Crippen LogP contribution in [-0.4, -0.2) is 75.3 Å². The number of aromatic nitrogens is 3. The van der Waals surface area contributed by atoms with E-state index in [-0.39, 0.29) is 23.9 Å². The third-order valence-corrected chi connectivity index (χ3v) is 5.22. The molecule has 0 aliphatic carbocycles. The predicted molar refractivity (Wildman–Crippen MR) is 92.0 cm³/mol. The second kappa shape index (κ2) is 6.44. The number of imidazole rings is 1. The van der Waals surface area contributed by atoms with E-state index in [0.717, 1.165) is 44.4 Å². The van der Waals surface area contributed by atoms with Crippen LogP contribution in [0, 0.1) is 0 Å². The first-order valence-corrected chi connectivity index (χ1v) is 8.72. The monoisotopic (exact) mass is 342 g/mol. The number of carbonyl (C=O) groups excluding carboxylic acids is 2. The van der Waals surface area contributed by atoms with Gasteiger partial charge in [0.05, 0.1) is 17.9 Å². The zero-order valence-corrected chi connectivity index (χ0v) is 14.2. The molecule has 2 amide bonds. The van der Waals surface area contributed by atoms with Gasteiger partial charge in [-0.15, -0.1) is 0 Å². The minimum atomic E-state index is -0.167. The molecule has 0 saturated carbocycles. The van der Waals surface area contributed by atoms with Crippen molar-refractivity contribution in [2.24, 2.45) is 0 Å². The number of hydrogen-bond acceptors (Lipinski definition) is 5. The van der Waals surface area contributed by atoms with Crippen LogP contribution in [0.3, 0.4) is 0 Å². The van der Waals surface area contributed by atoms with E-state index >= 15 is 0 Å². The Kier molecular flexibility index (Phi) is 4.12. The molecule has 0 spiro atoms. The van der Waals surface area contributed by atoms with Crippen LogP contribution in [0.2, 0.25) is 0 Å². The highest BCUT2D eigenvalue weighted by atomic mass is 16.2. The van der Waals surface area contributed by atoms with Crippen molar-refractivity contribution >= 4 is 23.0 Å². The quantitative estimate of drug-likeness (QED) is 0.841. The molecule has 2 aromatic rings. The number of pyridine rings is 1. The van der Waals surface area contributed by atoms with Gasteiger partial charge < -0.3 is 15.2 Å². The van der Waals surface area contributed by atoms with Gasteiger partial charge in [-0.25, -0.2) is 9.97 Å². The summed E-state index contributed by atoms with van der Waals surface area (Å²) in [6, 6.07) is 3.66. The molecule has 4 rings (SSSR count). The van der Waals surface area contributed by atoms with E-state index in [0.29, 0.717) is 11.3 Å². The van der Waals surface area contributed by atoms with Gasteiger partial charge in [-0.05, 0) is 31.4 Å². The van der Waals surface area contributed by atoms with Gasteiger partial charge in [0.1, 0.15) is 5.69 Å². The number of likely N-dealkylation sites (N-methyl/N-ethyl adjacent to an activating group) is 1. The Hall–Kier alpha value is -2.48. The topological polar surface area (TPSA) is 94.2 Å². The first kappa shape index (κ1) is 16.0. The van der Waals surface area contributed by atoms with E-state index < -0.39 is 0 Å². The summed E-state index contributed by atoms with van der Waals surface area (Å²) in [5.74, 6) is 0.0546. The summed E-state index contributed by atoms with van der Waals surface area (Å²) >= 11 is 0. The Morgan fingerprint density at radius 3 is 2.76 bits per heavy atom. The Balaban J connectivity index is 1.33. The van der Waals surface area contributed by atoms with Crippen molar-refractivity contribution in [2.75, 3.05) is 26.7 Å². The molecule has 1 atom stereocenters. The fourth-order valence-corrected chi connectivity index (χ4v) is 3.71. The van der Waals surface area contributed by atoms with E-state index in [1.165, 1.54) is 0 Å². The Labute approximate surface area is 145 Å². The molecule has 2 fully saturated rings. The molecular formula is C17H22N6O2. The predicted octanol–water partition coefficient (Wildman–Crippen LogP) is 0.383. The lowest BCUT2D eigenvalue weighted by molar-refractivity contribution is -0.131. The number of rotatable bonds is 3. The van der Waals surface area contributed by atoms with Crippen LogP contribution < -0.4 is 5.32 Å². The van der Waals surface area contributed by atoms with Gasteiger partial charge in [0, 0.05) is 32.7 Å². The Bertz CT molecular complexity index is 795. The SMILES string of the molecule is CN1CC[C@@H](N2CCC(NC(=O)c3ccc4[nH]cnc4n3)CC2)C1=O. The molecule has 2 saturated heterocycles. The van der Waals surface area contributed by atoms with Gasteiger partial charge in [0.15, 0.2) is 5.65 Å². The maximum atomic E-state index is 12.4. The van der Waals surface area contributed by atoms with Crippen molar-refractivity contribution < 1.29 is 9.59 Å². The first-order valence-electron chi connectivity index (χ1n) is 8.72. The van der Waals surface area contributed by atoms with E-state index in [9.17, 15) is 9.59 Å². The Morgan fingerprint density at radius 2 is 2.04 bits per heavy atom. The normalized spacial score (nSPS) is 22.7. The van der Waals surface area contributed by atoms with Gasteiger partial charge >= 0.3 is 0 Å². The van der Waals surface area contributed by atoms with Crippen molar-refractivity contribution in [1.29, 1.82) is 0 Å². The van der Waals surface area contributed by atoms with Crippen LogP contribution in [0.1, 0.15) is 29.8 Å². The molecular weight excluding hydrogens is 320 g/mol. The molecule has 2 aliphatic heterocycles. The largest absolute Gasteiger partial charge is 0.348 e. The molecule has 2 aliphatic rings. The number of piperidine rings is 1. The minimum Gasteiger partial charge on any atom is -0.348 e. The summed E-state index contributed by atoms with van der Waals surface area (Å²) in [6.45, 7) is 2.50. The van der Waals surface area contributed by atoms with Gasteiger partial charge in [0.2, 0.25) is 5.91 Å². The minimum absolute atomic E-state index is 0.0189. The highest BCUT2D eigenvalue weighted by Gasteiger charge is 2.35. The number of H-pyrrole nitrogens is 1. The molecule has 0 aromatic carbocycles. The summed E-state index contributed by atoms with van der Waals surface area (Å²) in [5.41, 5.74) is 1.75. The lowest BCUT2D eigenvalue weighted by Crippen LogP contribution is -2.50. The zero-order chi connectivity index (χ0) is 17.4. The number of fused-ring (bicyclic) bond motifs is 1. The number of nitrogens with one attached hydrogen (secondary N) is 2. The van der Waals surface area contributed by atoms with Crippen molar-refractivity contribution in [3.63, 3.8) is 0 Å². The van der Waals surface area contributed by atoms with Crippen LogP contribution in [-0.2, 0) is 4.79 Å². The number of amides is 2. The number of carbonyl (C=O) groups is 2. The maximum absolute atomic E-state index is 12.4. The first-order chi connectivity index (χ1) is 12.1. The molecule has 25 heavy (non-hydrogen) atoms. The van der Waals surface area contributed by atoms with Crippen molar-refractivity contribution in [2.45, 2.75) is 31.3 Å². The fourth-order valence-electron chi connectivity index (χ4n) is 3.71. The lowest BCUT2D eigenvalue weighted by Gasteiger charge is -2.35. The number of hydrogen-bond donors (Lipinski definition) is 2. The zero-order valence-electron chi connectivity index (χ0n) is 14.2. The maximum Gasteiger partial charge on any atom is 0.270 e. The smallest absolute Gasteiger partial charge is 0.270 e. The molecule has 2 aromatic heterocycles. The van der Waals surface area contributed by atoms with Gasteiger partial charge in [0.25, 0.3) is 5.91 Å². The number of likely N-dealkylation sites (tertiary alicyclic amines) is 2. The Morgan fingerprint density at radius 1 is 1.24 bits per heavy atom. The van der Waals surface area contributed by atoms with Gasteiger partial charge in [-0.2, -0.15) is 0 Å². The van der Waals surface area contributed by atoms with Crippen molar-refractivity contribution in [3.8, 4) is 0 Å². The van der Waals surface area contributed by atoms with E-state index in [2.05, 4.69) is 25.2 Å². The van der Waals surface area contributed by atoms with Crippen LogP contribution in [0.4, 0.5) is 0 Å². The van der Waals surface area contributed by atoms with Crippen molar-refractivity contribution in [3.05, 3.63) is 24.2 Å². The summed E-state index contributed by atoms with van der Waals surface area (Å²) in [7, 11) is 1.86. The van der Waals surface area contributed by atoms with Crippen LogP contribution >= 0.6 is 0 Å². The van der Waals surface area contributed by atoms with Crippen LogP contribution in [0.25, 0.3) is 11.2 Å². The van der Waals surface area contributed by atoms with E-state index in [1.54, 1.807) is 17.3 Å². The number of nitrogens with zero attached hydrogens (tertiary/aromatic N) is 4. The molecule has 0 radical (unpaired) electrons. The van der Waals surface area contributed by atoms with Crippen LogP contribution in [0.5, 0.6) is 0 Å². The van der Waals surface area contributed by atoms with Crippen LogP contribution in [0.15, 0.2) is 18.5 Å². The molecule has 8 nitrogen and oxygen atoms in total. The molecule has 0 unspecified atom stereocenters. The number of aromatic amines is 1. The highest BCUT2D eigenvalue weighted by Crippen LogP contribution is 2.21. The second-order valence-electron chi connectivity index (χ2n) is 6.82. The third-order valence-electron chi connectivity index (χ3n) is 5.22. The standard InChI is InChI=1S/C17H22N6O2/c1-22-7-6-14(17(22)25)23-8-4-11(5-9-23)20-16(24)13-3-2-12-15(21-13)19-10-18-12/h2-3,10-11,14H,4-9H2,1H3,(H,20,24)(H,18,19,21)/t14-/m1/s1. The molecule has 132 valence electrons. The van der Waals surface area contributed by atoms with E-state index in [4.69, 9.17) is 0 Å². The fraction of sp³-hybridized carbons (Fsp3) is 0.529. The highest BCUT2D eigenvalue weighted by molar-refractivity contribution is 5.94. The van der Waals surface area contributed by atoms with Crippen molar-refractivity contribution in [1.82, 2.24) is 30.1 Å². The molecule has 2 N–H and O–H groups in total. The average Bonchev–Trinajstić information content (AvgIpc) is 3.22. The lowest BCUT2D eigenvalue weighted by atomic mass is 10.0. The summed E-state index contributed by atoms with van der Waals surface area (Å²) in [4.78, 5) is 39.9. The molecule has 4 heterocycles. The summed E-state index contributed by atoms with van der Waals surface area (Å²) in [6.07, 6.45) is 4.17. The average molecular weight is 342 g/mol. The summed E-state index contributed by atoms with van der Waals surface area (Å²) < 4.78 is 0. The molecule has 8 heteroatoms. The van der Waals surface area contributed by atoms with Gasteiger partial charge in [-0.1, -0.05) is 0 Å². The summed E-state index contributed by atoms with van der Waals surface area (Å²) in [5, 5.41) is 3.06. The van der Waals surface area contributed by atoms with E-state index in [1.807, 2.05) is 13.1 Å². The molecule has 0 bridgehead atoms. The second-order valence-corrected chi connectivity index (χ2v) is 6.82.